The van der Waals surface area contributed by atoms with Gasteiger partial charge in [0.25, 0.3) is 0 Å². The Morgan fingerprint density at radius 2 is 2.09 bits per heavy atom. The molecular weight excluding hydrogens is 276 g/mol. The minimum absolute atomic E-state index is 0.308. The highest BCUT2D eigenvalue weighted by atomic mass is 16.5. The molecule has 3 heterocycles. The third-order valence-electron chi connectivity index (χ3n) is 3.85. The topological polar surface area (TPSA) is 43.6 Å². The minimum Gasteiger partial charge on any atom is -0.462 e. The molecule has 22 heavy (non-hydrogen) atoms. The van der Waals surface area contributed by atoms with E-state index in [0.717, 1.165) is 27.7 Å². The zero-order chi connectivity index (χ0) is 15.1. The van der Waals surface area contributed by atoms with Gasteiger partial charge in [-0.3, -0.25) is 4.98 Å². The first-order chi connectivity index (χ1) is 10.8. The van der Waals surface area contributed by atoms with Crippen LogP contribution in [-0.2, 0) is 4.74 Å². The van der Waals surface area contributed by atoms with Gasteiger partial charge in [-0.1, -0.05) is 18.2 Å². The average Bonchev–Trinajstić information content (AvgIpc) is 3.05. The molecule has 0 aromatic carbocycles. The molecule has 2 aromatic heterocycles. The van der Waals surface area contributed by atoms with Crippen molar-refractivity contribution in [3.63, 3.8) is 0 Å². The van der Waals surface area contributed by atoms with Crippen molar-refractivity contribution in [1.29, 1.82) is 0 Å². The van der Waals surface area contributed by atoms with Gasteiger partial charge < -0.3 is 9.14 Å². The smallest absolute Gasteiger partial charge is 0.339 e. The first kappa shape index (κ1) is 12.8. The summed E-state index contributed by atoms with van der Waals surface area (Å²) in [6, 6.07) is 13.9. The van der Waals surface area contributed by atoms with Crippen molar-refractivity contribution in [2.24, 2.45) is 0 Å². The summed E-state index contributed by atoms with van der Waals surface area (Å²) in [6.45, 7) is 2.17. The summed E-state index contributed by atoms with van der Waals surface area (Å²) in [5.41, 5.74) is 4.62. The largest absolute Gasteiger partial charge is 0.462 e. The maximum absolute atomic E-state index is 12.0. The maximum Gasteiger partial charge on any atom is 0.339 e. The SMILES string of the molecule is CCOC(=O)c1ccc2c3ncccc3c3cccc-3n2c1. The molecule has 0 bridgehead atoms. The van der Waals surface area contributed by atoms with E-state index in [4.69, 9.17) is 4.74 Å². The van der Waals surface area contributed by atoms with Gasteiger partial charge in [0.1, 0.15) is 0 Å². The van der Waals surface area contributed by atoms with E-state index >= 15 is 0 Å². The molecule has 0 spiro atoms. The van der Waals surface area contributed by atoms with Gasteiger partial charge >= 0.3 is 5.97 Å². The van der Waals surface area contributed by atoms with E-state index in [2.05, 4.69) is 17.1 Å². The highest BCUT2D eigenvalue weighted by Crippen LogP contribution is 2.33. The highest BCUT2D eigenvalue weighted by Gasteiger charge is 2.15. The molecule has 0 saturated carbocycles. The van der Waals surface area contributed by atoms with Crippen LogP contribution in [0.5, 0.6) is 0 Å². The summed E-state index contributed by atoms with van der Waals surface area (Å²) < 4.78 is 7.10. The van der Waals surface area contributed by atoms with E-state index in [1.165, 1.54) is 0 Å². The number of esters is 1. The molecule has 0 N–H and O–H groups in total. The van der Waals surface area contributed by atoms with Crippen LogP contribution in [0.1, 0.15) is 17.3 Å². The van der Waals surface area contributed by atoms with Crippen LogP contribution in [0.15, 0.2) is 54.9 Å². The van der Waals surface area contributed by atoms with E-state index in [1.807, 2.05) is 34.9 Å². The zero-order valence-corrected chi connectivity index (χ0v) is 12.1. The molecule has 4 heteroatoms. The van der Waals surface area contributed by atoms with Crippen LogP contribution in [0, 0.1) is 0 Å². The van der Waals surface area contributed by atoms with E-state index in [0.29, 0.717) is 12.2 Å². The summed E-state index contributed by atoms with van der Waals surface area (Å²) in [5.74, 6) is -0.308. The van der Waals surface area contributed by atoms with E-state index < -0.39 is 0 Å². The van der Waals surface area contributed by atoms with Crippen molar-refractivity contribution in [2.75, 3.05) is 6.61 Å². The number of aromatic nitrogens is 2. The van der Waals surface area contributed by atoms with Crippen molar-refractivity contribution in [2.45, 2.75) is 6.92 Å². The number of pyridine rings is 3. The van der Waals surface area contributed by atoms with E-state index in [-0.39, 0.29) is 5.97 Å². The van der Waals surface area contributed by atoms with Gasteiger partial charge in [-0.25, -0.2) is 4.79 Å². The third-order valence-corrected chi connectivity index (χ3v) is 3.85. The van der Waals surface area contributed by atoms with Crippen LogP contribution in [0.4, 0.5) is 0 Å². The molecule has 0 saturated heterocycles. The van der Waals surface area contributed by atoms with Crippen LogP contribution in [0.25, 0.3) is 27.7 Å². The van der Waals surface area contributed by atoms with Crippen LogP contribution in [0.2, 0.25) is 0 Å². The lowest BCUT2D eigenvalue weighted by Crippen LogP contribution is -2.07. The highest BCUT2D eigenvalue weighted by molar-refractivity contribution is 6.04. The Balaban J connectivity index is 2.09. The van der Waals surface area contributed by atoms with Gasteiger partial charge in [-0.2, -0.15) is 0 Å². The number of rotatable bonds is 2. The van der Waals surface area contributed by atoms with Crippen LogP contribution in [-0.4, -0.2) is 22.0 Å². The quantitative estimate of drug-likeness (QED) is 0.417. The first-order valence-electron chi connectivity index (χ1n) is 7.24. The van der Waals surface area contributed by atoms with Gasteiger partial charge in [-0.15, -0.1) is 0 Å². The number of carbonyl (C=O) groups is 1. The predicted octanol–water partition coefficient (Wildman–Crippen LogP) is 3.77. The van der Waals surface area contributed by atoms with Crippen molar-refractivity contribution < 1.29 is 9.53 Å². The number of nitrogens with zero attached hydrogens (tertiary/aromatic N) is 2. The fourth-order valence-corrected chi connectivity index (χ4v) is 2.90. The van der Waals surface area contributed by atoms with Crippen molar-refractivity contribution in [1.82, 2.24) is 9.38 Å². The Hall–Kier alpha value is -2.88. The molecule has 2 aliphatic rings. The minimum atomic E-state index is -0.308. The molecule has 0 radical (unpaired) electrons. The van der Waals surface area contributed by atoms with E-state index in [1.54, 1.807) is 19.2 Å². The number of fused-ring (bicyclic) bond motifs is 6. The standard InChI is InChI=1S/C18H14N2O2/c1-2-22-18(21)12-8-9-16-17-14(6-4-10-19-17)13-5-3-7-15(13)20(16)11-12/h3-11H,2H2,1H3. The molecule has 0 atom stereocenters. The summed E-state index contributed by atoms with van der Waals surface area (Å²) in [6.07, 6.45) is 3.61. The normalized spacial score (nSPS) is 11.3. The predicted molar refractivity (Wildman–Crippen MR) is 85.3 cm³/mol. The Morgan fingerprint density at radius 3 is 2.95 bits per heavy atom. The monoisotopic (exact) mass is 290 g/mol. The molecule has 1 aliphatic carbocycles. The third kappa shape index (κ3) is 1.77. The summed E-state index contributed by atoms with van der Waals surface area (Å²) >= 11 is 0. The Kier molecular flexibility index (Phi) is 2.82. The van der Waals surface area contributed by atoms with Gasteiger partial charge in [-0.05, 0) is 31.2 Å². The van der Waals surface area contributed by atoms with Gasteiger partial charge in [0, 0.05) is 23.3 Å². The number of hydrogen-bond donors (Lipinski definition) is 0. The average molecular weight is 290 g/mol. The van der Waals surface area contributed by atoms with Crippen LogP contribution >= 0.6 is 0 Å². The molecule has 4 nitrogen and oxygen atoms in total. The van der Waals surface area contributed by atoms with Crippen LogP contribution in [0.3, 0.4) is 0 Å². The zero-order valence-electron chi connectivity index (χ0n) is 12.1. The second kappa shape index (κ2) is 4.84. The molecule has 4 rings (SSSR count). The summed E-state index contributed by atoms with van der Waals surface area (Å²) in [7, 11) is 0. The molecule has 1 aliphatic heterocycles. The first-order valence-corrected chi connectivity index (χ1v) is 7.24. The molecule has 2 aromatic rings. The van der Waals surface area contributed by atoms with Gasteiger partial charge in [0.05, 0.1) is 28.9 Å². The Labute approximate surface area is 127 Å². The molecular formula is C18H14N2O2. The van der Waals surface area contributed by atoms with Gasteiger partial charge in [0.15, 0.2) is 0 Å². The number of ether oxygens (including phenoxy) is 1. The number of hydrogen-bond acceptors (Lipinski definition) is 3. The van der Waals surface area contributed by atoms with Crippen molar-refractivity contribution in [3.05, 3.63) is 60.4 Å². The molecule has 108 valence electrons. The van der Waals surface area contributed by atoms with E-state index in [9.17, 15) is 4.79 Å². The molecule has 0 amide bonds. The Bertz CT molecular complexity index is 971. The Morgan fingerprint density at radius 1 is 1.18 bits per heavy atom. The second-order valence-corrected chi connectivity index (χ2v) is 5.12. The summed E-state index contributed by atoms with van der Waals surface area (Å²) in [5, 5.41) is 1.12. The fraction of sp³-hybridized carbons (Fsp3) is 0.111. The lowest BCUT2D eigenvalue weighted by atomic mass is 10.1. The second-order valence-electron chi connectivity index (χ2n) is 5.12. The number of carbonyl (C=O) groups excluding carboxylic acids is 1. The lowest BCUT2D eigenvalue weighted by Gasteiger charge is -2.14. The lowest BCUT2D eigenvalue weighted by molar-refractivity contribution is 0.0526. The van der Waals surface area contributed by atoms with Crippen molar-refractivity contribution >= 4 is 22.4 Å². The van der Waals surface area contributed by atoms with Crippen molar-refractivity contribution in [3.8, 4) is 11.3 Å². The van der Waals surface area contributed by atoms with Crippen LogP contribution < -0.4 is 0 Å². The van der Waals surface area contributed by atoms with Gasteiger partial charge in [0.2, 0.25) is 0 Å². The molecule has 0 fully saturated rings. The summed E-state index contributed by atoms with van der Waals surface area (Å²) in [4.78, 5) is 16.5. The maximum atomic E-state index is 12.0. The molecule has 0 unspecified atom stereocenters. The fourth-order valence-electron chi connectivity index (χ4n) is 2.90.